The molecule has 7 heteroatoms. The highest BCUT2D eigenvalue weighted by atomic mass is 79.9. The summed E-state index contributed by atoms with van der Waals surface area (Å²) in [5.41, 5.74) is -1.11. The molecule has 2 rings (SSSR count). The van der Waals surface area contributed by atoms with Gasteiger partial charge in [-0.15, -0.1) is 0 Å². The largest absolute Gasteiger partial charge is 0.483 e. The summed E-state index contributed by atoms with van der Waals surface area (Å²) in [6.07, 6.45) is 1.72. The van der Waals surface area contributed by atoms with Crippen LogP contribution in [-0.4, -0.2) is 29.1 Å². The number of hydrogen-bond donors (Lipinski definition) is 2. The van der Waals surface area contributed by atoms with E-state index in [9.17, 15) is 9.59 Å². The third kappa shape index (κ3) is 3.24. The van der Waals surface area contributed by atoms with Crippen LogP contribution in [0.25, 0.3) is 0 Å². The van der Waals surface area contributed by atoms with Crippen LogP contribution in [0, 0.1) is 0 Å². The standard InChI is InChI=1S/C13H13BrClNO4/c14-9-6-8(15)2-3-10(9)20-7-11(17)16-13(12(18)19)4-1-5-13/h2-3,6H,1,4-5,7H2,(H,16,17)(H,18,19). The molecule has 0 saturated heterocycles. The molecule has 0 bridgehead atoms. The third-order valence-corrected chi connectivity index (χ3v) is 4.10. The molecule has 0 aromatic heterocycles. The zero-order valence-electron chi connectivity index (χ0n) is 10.5. The normalized spacial score (nSPS) is 16.1. The van der Waals surface area contributed by atoms with Crippen molar-refractivity contribution in [3.8, 4) is 5.75 Å². The van der Waals surface area contributed by atoms with Crippen molar-refractivity contribution >= 4 is 39.4 Å². The van der Waals surface area contributed by atoms with Crippen LogP contribution in [0.1, 0.15) is 19.3 Å². The van der Waals surface area contributed by atoms with Crippen molar-refractivity contribution in [3.63, 3.8) is 0 Å². The van der Waals surface area contributed by atoms with Crippen LogP contribution in [0.5, 0.6) is 5.75 Å². The summed E-state index contributed by atoms with van der Waals surface area (Å²) in [6, 6.07) is 4.93. The smallest absolute Gasteiger partial charge is 0.329 e. The van der Waals surface area contributed by atoms with Crippen molar-refractivity contribution in [2.75, 3.05) is 6.61 Å². The fraction of sp³-hybridized carbons (Fsp3) is 0.385. The number of carbonyl (C=O) groups excluding carboxylic acids is 1. The van der Waals surface area contributed by atoms with E-state index in [4.69, 9.17) is 21.4 Å². The second-order valence-electron chi connectivity index (χ2n) is 4.65. The zero-order valence-corrected chi connectivity index (χ0v) is 12.8. The summed E-state index contributed by atoms with van der Waals surface area (Å²) in [7, 11) is 0. The van der Waals surface area contributed by atoms with Crippen LogP contribution >= 0.6 is 27.5 Å². The van der Waals surface area contributed by atoms with Crippen molar-refractivity contribution in [2.45, 2.75) is 24.8 Å². The van der Waals surface area contributed by atoms with E-state index in [0.29, 0.717) is 28.1 Å². The Morgan fingerprint density at radius 3 is 2.65 bits per heavy atom. The van der Waals surface area contributed by atoms with Crippen LogP contribution in [0.2, 0.25) is 5.02 Å². The Labute approximate surface area is 129 Å². The van der Waals surface area contributed by atoms with E-state index in [2.05, 4.69) is 21.2 Å². The van der Waals surface area contributed by atoms with Crippen LogP contribution in [0.4, 0.5) is 0 Å². The molecule has 1 aromatic carbocycles. The Bertz CT molecular complexity index is 545. The number of nitrogens with one attached hydrogen (secondary N) is 1. The highest BCUT2D eigenvalue weighted by Crippen LogP contribution is 2.32. The molecule has 1 saturated carbocycles. The predicted molar refractivity (Wildman–Crippen MR) is 77.0 cm³/mol. The summed E-state index contributed by atoms with van der Waals surface area (Å²) in [4.78, 5) is 22.9. The van der Waals surface area contributed by atoms with Crippen molar-refractivity contribution < 1.29 is 19.4 Å². The van der Waals surface area contributed by atoms with Gasteiger partial charge in [-0.2, -0.15) is 0 Å². The number of carboxylic acids is 1. The third-order valence-electron chi connectivity index (χ3n) is 3.25. The van der Waals surface area contributed by atoms with E-state index in [1.807, 2.05) is 0 Å². The maximum Gasteiger partial charge on any atom is 0.329 e. The maximum absolute atomic E-state index is 11.8. The molecule has 1 fully saturated rings. The van der Waals surface area contributed by atoms with Gasteiger partial charge in [0.15, 0.2) is 6.61 Å². The number of rotatable bonds is 5. The fourth-order valence-corrected chi connectivity index (χ4v) is 2.76. The molecule has 1 amide bonds. The fourth-order valence-electron chi connectivity index (χ4n) is 1.96. The summed E-state index contributed by atoms with van der Waals surface area (Å²) in [6.45, 7) is -0.241. The number of halogens is 2. The molecule has 108 valence electrons. The average Bonchev–Trinajstić information content (AvgIpc) is 2.32. The summed E-state index contributed by atoms with van der Waals surface area (Å²) in [5.74, 6) is -0.971. The molecule has 1 aliphatic rings. The van der Waals surface area contributed by atoms with Crippen molar-refractivity contribution in [1.29, 1.82) is 0 Å². The van der Waals surface area contributed by atoms with Crippen LogP contribution in [0.15, 0.2) is 22.7 Å². The van der Waals surface area contributed by atoms with Gasteiger partial charge in [-0.1, -0.05) is 11.6 Å². The molecule has 0 heterocycles. The molecule has 1 aromatic rings. The van der Waals surface area contributed by atoms with Crippen LogP contribution in [0.3, 0.4) is 0 Å². The second-order valence-corrected chi connectivity index (χ2v) is 5.94. The Balaban J connectivity index is 1.91. The number of benzene rings is 1. The van der Waals surface area contributed by atoms with Gasteiger partial charge < -0.3 is 15.2 Å². The van der Waals surface area contributed by atoms with Gasteiger partial charge in [0.1, 0.15) is 11.3 Å². The van der Waals surface area contributed by atoms with Gasteiger partial charge in [-0.05, 0) is 53.4 Å². The predicted octanol–water partition coefficient (Wildman–Crippen LogP) is 2.60. The van der Waals surface area contributed by atoms with Crippen LogP contribution in [-0.2, 0) is 9.59 Å². The lowest BCUT2D eigenvalue weighted by molar-refractivity contribution is -0.152. The van der Waals surface area contributed by atoms with Crippen molar-refractivity contribution in [1.82, 2.24) is 5.32 Å². The number of hydrogen-bond acceptors (Lipinski definition) is 3. The summed E-state index contributed by atoms with van der Waals surface area (Å²) < 4.78 is 5.97. The number of ether oxygens (including phenoxy) is 1. The minimum Gasteiger partial charge on any atom is -0.483 e. The number of carboxylic acid groups (broad SMARTS) is 1. The van der Waals surface area contributed by atoms with Gasteiger partial charge in [0.25, 0.3) is 5.91 Å². The van der Waals surface area contributed by atoms with Gasteiger partial charge in [-0.25, -0.2) is 4.79 Å². The molecule has 0 spiro atoms. The lowest BCUT2D eigenvalue weighted by Crippen LogP contribution is -2.59. The Morgan fingerprint density at radius 1 is 1.45 bits per heavy atom. The van der Waals surface area contributed by atoms with E-state index >= 15 is 0 Å². The van der Waals surface area contributed by atoms with E-state index in [1.54, 1.807) is 18.2 Å². The van der Waals surface area contributed by atoms with Crippen LogP contribution < -0.4 is 10.1 Å². The Kier molecular flexibility index (Phi) is 4.55. The summed E-state index contributed by atoms with van der Waals surface area (Å²) in [5, 5.41) is 12.2. The van der Waals surface area contributed by atoms with Gasteiger partial charge in [0.2, 0.25) is 0 Å². The van der Waals surface area contributed by atoms with E-state index in [-0.39, 0.29) is 6.61 Å². The first-order valence-corrected chi connectivity index (χ1v) is 7.22. The summed E-state index contributed by atoms with van der Waals surface area (Å²) >= 11 is 9.07. The molecule has 5 nitrogen and oxygen atoms in total. The minimum atomic E-state index is -1.11. The molecular weight excluding hydrogens is 350 g/mol. The first kappa shape index (κ1) is 15.1. The molecule has 0 atom stereocenters. The highest BCUT2D eigenvalue weighted by Gasteiger charge is 2.45. The molecule has 0 radical (unpaired) electrons. The van der Waals surface area contributed by atoms with E-state index in [0.717, 1.165) is 6.42 Å². The molecule has 20 heavy (non-hydrogen) atoms. The van der Waals surface area contributed by atoms with Gasteiger partial charge in [0.05, 0.1) is 4.47 Å². The topological polar surface area (TPSA) is 75.6 Å². The SMILES string of the molecule is O=C(COc1ccc(Cl)cc1Br)NC1(C(=O)O)CCC1. The zero-order chi connectivity index (χ0) is 14.8. The molecule has 0 unspecified atom stereocenters. The highest BCUT2D eigenvalue weighted by molar-refractivity contribution is 9.10. The molecule has 0 aliphatic heterocycles. The van der Waals surface area contributed by atoms with Gasteiger partial charge in [-0.3, -0.25) is 4.79 Å². The first-order chi connectivity index (χ1) is 9.43. The molecular formula is C13H13BrClNO4. The lowest BCUT2D eigenvalue weighted by Gasteiger charge is -2.38. The monoisotopic (exact) mass is 361 g/mol. The number of aliphatic carboxylic acids is 1. The van der Waals surface area contributed by atoms with Gasteiger partial charge in [0, 0.05) is 5.02 Å². The van der Waals surface area contributed by atoms with Crippen molar-refractivity contribution in [3.05, 3.63) is 27.7 Å². The molecule has 1 aliphatic carbocycles. The van der Waals surface area contributed by atoms with E-state index in [1.165, 1.54) is 0 Å². The second kappa shape index (κ2) is 6.01. The number of amides is 1. The first-order valence-electron chi connectivity index (χ1n) is 6.05. The lowest BCUT2D eigenvalue weighted by atomic mass is 9.77. The van der Waals surface area contributed by atoms with Gasteiger partial charge >= 0.3 is 5.97 Å². The quantitative estimate of drug-likeness (QED) is 0.844. The Morgan fingerprint density at radius 2 is 2.15 bits per heavy atom. The van der Waals surface area contributed by atoms with E-state index < -0.39 is 17.4 Å². The minimum absolute atomic E-state index is 0.241. The maximum atomic E-state index is 11.8. The number of carbonyl (C=O) groups is 2. The average molecular weight is 363 g/mol. The molecule has 2 N–H and O–H groups in total. The Hall–Kier alpha value is -1.27. The van der Waals surface area contributed by atoms with Crippen molar-refractivity contribution in [2.24, 2.45) is 0 Å².